The Morgan fingerprint density at radius 3 is 2.41 bits per heavy atom. The van der Waals surface area contributed by atoms with E-state index in [1.54, 1.807) is 11.8 Å². The summed E-state index contributed by atoms with van der Waals surface area (Å²) in [4.78, 5) is 26.7. The maximum absolute atomic E-state index is 13.9. The quantitative estimate of drug-likeness (QED) is 0.869. The van der Waals surface area contributed by atoms with Gasteiger partial charge in [-0.05, 0) is 37.8 Å². The number of aryl methyl sites for hydroxylation is 1. The molecule has 6 nitrogen and oxygen atoms in total. The molecule has 1 aliphatic carbocycles. The molecule has 1 atom stereocenters. The van der Waals surface area contributed by atoms with Gasteiger partial charge < -0.3 is 10.2 Å². The minimum Gasteiger partial charge on any atom is -0.335 e. The number of benzene rings is 1. The Bertz CT molecular complexity index is 937. The second kappa shape index (κ2) is 7.25. The summed E-state index contributed by atoms with van der Waals surface area (Å²) < 4.78 is 28.6. The molecule has 2 amide bonds. The van der Waals surface area contributed by atoms with Crippen LogP contribution in [0.2, 0.25) is 0 Å². The Morgan fingerprint density at radius 2 is 1.85 bits per heavy atom. The third-order valence-electron chi connectivity index (χ3n) is 4.71. The first-order valence-electron chi connectivity index (χ1n) is 9.12. The van der Waals surface area contributed by atoms with Crippen LogP contribution < -0.4 is 10.9 Å². The number of rotatable bonds is 5. The molecule has 1 fully saturated rings. The van der Waals surface area contributed by atoms with Crippen LogP contribution in [-0.4, -0.2) is 33.3 Å². The number of aromatic nitrogens is 2. The molecule has 0 saturated heterocycles. The second-order valence-electron chi connectivity index (χ2n) is 7.57. The number of fused-ring (bicyclic) bond motifs is 1. The molecule has 0 spiro atoms. The highest BCUT2D eigenvalue weighted by Crippen LogP contribution is 2.28. The van der Waals surface area contributed by atoms with Crippen LogP contribution in [0.1, 0.15) is 45.3 Å². The van der Waals surface area contributed by atoms with E-state index in [0.717, 1.165) is 29.7 Å². The molecule has 1 heterocycles. The van der Waals surface area contributed by atoms with E-state index in [9.17, 15) is 18.4 Å². The van der Waals surface area contributed by atoms with Gasteiger partial charge in [-0.25, -0.2) is 18.3 Å². The number of hydrogen-bond donors (Lipinski definition) is 1. The van der Waals surface area contributed by atoms with Crippen molar-refractivity contribution in [3.63, 3.8) is 0 Å². The lowest BCUT2D eigenvalue weighted by Crippen LogP contribution is -2.44. The maximum Gasteiger partial charge on any atom is 0.318 e. The maximum atomic E-state index is 13.9. The Kier molecular flexibility index (Phi) is 5.17. The summed E-state index contributed by atoms with van der Waals surface area (Å²) in [6.45, 7) is 6.23. The Labute approximate surface area is 156 Å². The summed E-state index contributed by atoms with van der Waals surface area (Å²) in [6, 6.07) is 1.32. The zero-order valence-corrected chi connectivity index (χ0v) is 15.9. The van der Waals surface area contributed by atoms with Gasteiger partial charge in [0.25, 0.3) is 5.56 Å². The van der Waals surface area contributed by atoms with Crippen LogP contribution in [0.25, 0.3) is 10.8 Å². The van der Waals surface area contributed by atoms with Crippen LogP contribution in [0.3, 0.4) is 0 Å². The number of hydrogen-bond acceptors (Lipinski definition) is 3. The van der Waals surface area contributed by atoms with Crippen molar-refractivity contribution in [2.24, 2.45) is 13.0 Å². The second-order valence-corrected chi connectivity index (χ2v) is 7.57. The van der Waals surface area contributed by atoms with E-state index in [1.807, 2.05) is 13.8 Å². The molecule has 1 aromatic carbocycles. The SMILES string of the molecule is CC(C)CN(C(=O)NC1CC1)[C@H](C)c1nn(C)c(=O)c2cc(F)c(F)cc12. The number of carbonyl (C=O) groups is 1. The Balaban J connectivity index is 2.09. The molecule has 8 heteroatoms. The van der Waals surface area contributed by atoms with Gasteiger partial charge in [-0.3, -0.25) is 4.79 Å². The number of urea groups is 1. The summed E-state index contributed by atoms with van der Waals surface area (Å²) in [6.07, 6.45) is 1.92. The molecule has 1 N–H and O–H groups in total. The topological polar surface area (TPSA) is 67.2 Å². The van der Waals surface area contributed by atoms with E-state index in [4.69, 9.17) is 0 Å². The van der Waals surface area contributed by atoms with Gasteiger partial charge in [-0.2, -0.15) is 5.10 Å². The lowest BCUT2D eigenvalue weighted by atomic mass is 10.0. The van der Waals surface area contributed by atoms with Crippen molar-refractivity contribution in [2.45, 2.75) is 45.7 Å². The molecule has 0 bridgehead atoms. The van der Waals surface area contributed by atoms with E-state index >= 15 is 0 Å². The fourth-order valence-electron chi connectivity index (χ4n) is 3.12. The summed E-state index contributed by atoms with van der Waals surface area (Å²) in [5.41, 5.74) is -0.157. The van der Waals surface area contributed by atoms with Crippen LogP contribution in [0.15, 0.2) is 16.9 Å². The highest BCUT2D eigenvalue weighted by Gasteiger charge is 2.30. The fourth-order valence-corrected chi connectivity index (χ4v) is 3.12. The van der Waals surface area contributed by atoms with Crippen LogP contribution in [0.4, 0.5) is 13.6 Å². The van der Waals surface area contributed by atoms with Gasteiger partial charge in [-0.1, -0.05) is 13.8 Å². The van der Waals surface area contributed by atoms with Crippen LogP contribution >= 0.6 is 0 Å². The molecule has 1 saturated carbocycles. The number of carbonyl (C=O) groups excluding carboxylic acids is 1. The van der Waals surface area contributed by atoms with Crippen molar-refractivity contribution in [2.75, 3.05) is 6.54 Å². The van der Waals surface area contributed by atoms with Gasteiger partial charge in [0.2, 0.25) is 0 Å². The molecule has 0 radical (unpaired) electrons. The number of nitrogens with one attached hydrogen (secondary N) is 1. The van der Waals surface area contributed by atoms with Crippen molar-refractivity contribution in [1.82, 2.24) is 20.0 Å². The first-order chi connectivity index (χ1) is 12.7. The third-order valence-corrected chi connectivity index (χ3v) is 4.71. The first-order valence-corrected chi connectivity index (χ1v) is 9.12. The standard InChI is InChI=1S/C19H24F2N4O2/c1-10(2)9-25(19(27)22-12-5-6-12)11(3)17-13-7-15(20)16(21)8-14(13)18(26)24(4)23-17/h7-8,10-12H,5-6,9H2,1-4H3,(H,22,27)/t11-/m1/s1. The summed E-state index contributed by atoms with van der Waals surface area (Å²) in [7, 11) is 1.45. The molecule has 3 rings (SSSR count). The predicted molar refractivity (Wildman–Crippen MR) is 98.4 cm³/mol. The minimum atomic E-state index is -1.09. The first kappa shape index (κ1) is 19.3. The molecular weight excluding hydrogens is 354 g/mol. The smallest absolute Gasteiger partial charge is 0.318 e. The van der Waals surface area contributed by atoms with Gasteiger partial charge in [0, 0.05) is 25.0 Å². The largest absolute Gasteiger partial charge is 0.335 e. The van der Waals surface area contributed by atoms with Crippen LogP contribution in [0, 0.1) is 17.6 Å². The average Bonchev–Trinajstić information content (AvgIpc) is 3.41. The fraction of sp³-hybridized carbons (Fsp3) is 0.526. The summed E-state index contributed by atoms with van der Waals surface area (Å²) in [5, 5.41) is 7.49. The van der Waals surface area contributed by atoms with E-state index in [2.05, 4.69) is 10.4 Å². The lowest BCUT2D eigenvalue weighted by molar-refractivity contribution is 0.168. The van der Waals surface area contributed by atoms with Gasteiger partial charge in [-0.15, -0.1) is 0 Å². The highest BCUT2D eigenvalue weighted by molar-refractivity contribution is 5.85. The molecule has 146 valence electrons. The average molecular weight is 378 g/mol. The Morgan fingerprint density at radius 1 is 1.26 bits per heavy atom. The van der Waals surface area contributed by atoms with Crippen molar-refractivity contribution < 1.29 is 13.6 Å². The predicted octanol–water partition coefficient (Wildman–Crippen LogP) is 3.10. The molecule has 0 unspecified atom stereocenters. The zero-order chi connectivity index (χ0) is 19.9. The van der Waals surface area contributed by atoms with E-state index in [0.29, 0.717) is 12.2 Å². The number of halogens is 2. The lowest BCUT2D eigenvalue weighted by Gasteiger charge is -2.31. The zero-order valence-electron chi connectivity index (χ0n) is 15.9. The third kappa shape index (κ3) is 3.94. The molecule has 0 aliphatic heterocycles. The minimum absolute atomic E-state index is 0.0420. The van der Waals surface area contributed by atoms with Crippen LogP contribution in [0.5, 0.6) is 0 Å². The van der Waals surface area contributed by atoms with Crippen molar-refractivity contribution in [3.05, 3.63) is 39.8 Å². The van der Waals surface area contributed by atoms with E-state index < -0.39 is 23.2 Å². The van der Waals surface area contributed by atoms with Gasteiger partial charge in [0.15, 0.2) is 11.6 Å². The van der Waals surface area contributed by atoms with E-state index in [1.165, 1.54) is 7.05 Å². The van der Waals surface area contributed by atoms with E-state index in [-0.39, 0.29) is 28.8 Å². The van der Waals surface area contributed by atoms with Crippen molar-refractivity contribution >= 4 is 16.8 Å². The van der Waals surface area contributed by atoms with Gasteiger partial charge >= 0.3 is 6.03 Å². The monoisotopic (exact) mass is 378 g/mol. The molecular formula is C19H24F2N4O2. The Hall–Kier alpha value is -2.51. The summed E-state index contributed by atoms with van der Waals surface area (Å²) in [5.74, 6) is -1.94. The number of amides is 2. The van der Waals surface area contributed by atoms with Crippen molar-refractivity contribution in [1.29, 1.82) is 0 Å². The van der Waals surface area contributed by atoms with Crippen LogP contribution in [-0.2, 0) is 7.05 Å². The van der Waals surface area contributed by atoms with Gasteiger partial charge in [0.05, 0.1) is 17.1 Å². The molecule has 1 aliphatic rings. The number of nitrogens with zero attached hydrogens (tertiary/aromatic N) is 3. The van der Waals surface area contributed by atoms with Crippen molar-refractivity contribution in [3.8, 4) is 0 Å². The summed E-state index contributed by atoms with van der Waals surface area (Å²) >= 11 is 0. The normalized spacial score (nSPS) is 15.2. The van der Waals surface area contributed by atoms with Gasteiger partial charge in [0.1, 0.15) is 0 Å². The molecule has 27 heavy (non-hydrogen) atoms. The molecule has 1 aromatic heterocycles. The molecule has 2 aromatic rings. The highest BCUT2D eigenvalue weighted by atomic mass is 19.2.